The number of nitriles is 1. The number of ether oxygens (including phenoxy) is 2. The summed E-state index contributed by atoms with van der Waals surface area (Å²) in [5, 5.41) is 9.50. The Balaban J connectivity index is 1.50. The Hall–Kier alpha value is -4.49. The van der Waals surface area contributed by atoms with Crippen molar-refractivity contribution in [3.05, 3.63) is 81.2 Å². The number of imide groups is 1. The predicted molar refractivity (Wildman–Crippen MR) is 123 cm³/mol. The van der Waals surface area contributed by atoms with Crippen molar-refractivity contribution in [2.75, 3.05) is 17.2 Å². The number of esters is 2. The smallest absolute Gasteiger partial charge is 0.348 e. The Kier molecular flexibility index (Phi) is 6.12. The Morgan fingerprint density at radius 2 is 1.62 bits per heavy atom. The van der Waals surface area contributed by atoms with Gasteiger partial charge in [0, 0.05) is 5.56 Å². The molecule has 9 nitrogen and oxygen atoms in total. The highest BCUT2D eigenvalue weighted by Crippen LogP contribution is 2.32. The zero-order valence-electron chi connectivity index (χ0n) is 17.9. The second-order valence-electron chi connectivity index (χ2n) is 7.10. The zero-order valence-corrected chi connectivity index (χ0v) is 18.7. The molecule has 0 saturated heterocycles. The third-order valence-corrected chi connectivity index (χ3v) is 6.15. The van der Waals surface area contributed by atoms with Crippen LogP contribution in [0.3, 0.4) is 0 Å². The number of benzene rings is 2. The van der Waals surface area contributed by atoms with Crippen LogP contribution in [0.5, 0.6) is 0 Å². The molecule has 34 heavy (non-hydrogen) atoms. The molecule has 2 heterocycles. The average Bonchev–Trinajstić information content (AvgIpc) is 3.30. The number of hydrogen-bond acceptors (Lipinski definition) is 9. The minimum absolute atomic E-state index is 0.0572. The Morgan fingerprint density at radius 3 is 2.18 bits per heavy atom. The summed E-state index contributed by atoms with van der Waals surface area (Å²) in [5.74, 6) is -2.27. The van der Waals surface area contributed by atoms with Gasteiger partial charge in [-0.25, -0.2) is 14.5 Å². The molecule has 0 radical (unpaired) electrons. The summed E-state index contributed by atoms with van der Waals surface area (Å²) in [5.41, 5.74) is 7.16. The molecule has 2 amide bonds. The molecule has 2 aromatic carbocycles. The highest BCUT2D eigenvalue weighted by atomic mass is 32.1. The van der Waals surface area contributed by atoms with Crippen molar-refractivity contribution in [2.24, 2.45) is 0 Å². The van der Waals surface area contributed by atoms with Crippen LogP contribution in [0.25, 0.3) is 0 Å². The van der Waals surface area contributed by atoms with Gasteiger partial charge in [0.25, 0.3) is 11.8 Å². The van der Waals surface area contributed by atoms with Crippen molar-refractivity contribution in [2.45, 2.75) is 13.5 Å². The van der Waals surface area contributed by atoms with Crippen LogP contribution in [0.15, 0.2) is 48.5 Å². The van der Waals surface area contributed by atoms with Gasteiger partial charge in [-0.15, -0.1) is 11.3 Å². The summed E-state index contributed by atoms with van der Waals surface area (Å²) >= 11 is 0.892. The highest BCUT2D eigenvalue weighted by molar-refractivity contribution is 7.18. The molecular formula is C24H17N3O6S. The molecule has 1 aliphatic heterocycles. The molecule has 0 fully saturated rings. The number of thiophene rings is 1. The molecule has 0 spiro atoms. The number of hydrogen-bond donors (Lipinski definition) is 1. The summed E-state index contributed by atoms with van der Waals surface area (Å²) < 4.78 is 10.3. The molecule has 1 aromatic heterocycles. The van der Waals surface area contributed by atoms with E-state index >= 15 is 0 Å². The largest absolute Gasteiger partial charge is 0.462 e. The lowest BCUT2D eigenvalue weighted by atomic mass is 10.1. The van der Waals surface area contributed by atoms with Gasteiger partial charge in [-0.3, -0.25) is 9.59 Å². The van der Waals surface area contributed by atoms with Crippen LogP contribution in [0.4, 0.5) is 10.7 Å². The van der Waals surface area contributed by atoms with Gasteiger partial charge in [-0.2, -0.15) is 5.26 Å². The molecule has 0 atom stereocenters. The van der Waals surface area contributed by atoms with Crippen LogP contribution in [-0.2, 0) is 16.1 Å². The standard InChI is InChI=1S/C24H17N3O6S/c1-2-32-24(31)19-18(17(11-25)20(26)34-19)12-33-23(30)13-7-9-14(10-8-13)27-21(28)15-5-3-4-6-16(15)22(27)29/h3-10H,2,12,26H2,1H3. The number of nitrogens with zero attached hydrogens (tertiary/aromatic N) is 2. The van der Waals surface area contributed by atoms with Gasteiger partial charge in [-0.05, 0) is 43.3 Å². The number of nitrogens with two attached hydrogens (primary N) is 1. The minimum atomic E-state index is -0.725. The fraction of sp³-hybridized carbons (Fsp3) is 0.125. The van der Waals surface area contributed by atoms with Crippen molar-refractivity contribution in [1.82, 2.24) is 0 Å². The molecule has 2 N–H and O–H groups in total. The van der Waals surface area contributed by atoms with E-state index in [0.29, 0.717) is 16.8 Å². The van der Waals surface area contributed by atoms with Crippen LogP contribution < -0.4 is 10.6 Å². The number of carbonyl (C=O) groups excluding carboxylic acids is 4. The molecule has 4 rings (SSSR count). The normalized spacial score (nSPS) is 12.3. The fourth-order valence-electron chi connectivity index (χ4n) is 3.50. The van der Waals surface area contributed by atoms with E-state index in [-0.39, 0.29) is 39.8 Å². The summed E-state index contributed by atoms with van der Waals surface area (Å²) in [4.78, 5) is 51.1. The van der Waals surface area contributed by atoms with Crippen molar-refractivity contribution < 1.29 is 28.7 Å². The number of amides is 2. The van der Waals surface area contributed by atoms with E-state index in [4.69, 9.17) is 15.2 Å². The quantitative estimate of drug-likeness (QED) is 0.422. The number of rotatable bonds is 6. The Labute approximate surface area is 197 Å². The van der Waals surface area contributed by atoms with Crippen molar-refractivity contribution in [1.29, 1.82) is 5.26 Å². The molecule has 0 saturated carbocycles. The lowest BCUT2D eigenvalue weighted by Crippen LogP contribution is -2.29. The maximum Gasteiger partial charge on any atom is 0.348 e. The summed E-state index contributed by atoms with van der Waals surface area (Å²) in [6, 6.07) is 14.2. The van der Waals surface area contributed by atoms with Gasteiger partial charge in [0.05, 0.1) is 34.5 Å². The number of nitrogen functional groups attached to an aromatic ring is 1. The first-order chi connectivity index (χ1) is 16.4. The van der Waals surface area contributed by atoms with Crippen molar-refractivity contribution >= 4 is 45.8 Å². The first-order valence-corrected chi connectivity index (χ1v) is 10.9. The van der Waals surface area contributed by atoms with Gasteiger partial charge < -0.3 is 15.2 Å². The van der Waals surface area contributed by atoms with E-state index in [1.54, 1.807) is 31.2 Å². The van der Waals surface area contributed by atoms with Crippen LogP contribution in [0.1, 0.15) is 58.8 Å². The van der Waals surface area contributed by atoms with E-state index in [1.165, 1.54) is 24.3 Å². The summed E-state index contributed by atoms with van der Waals surface area (Å²) in [7, 11) is 0. The van der Waals surface area contributed by atoms with Crippen LogP contribution in [0.2, 0.25) is 0 Å². The third-order valence-electron chi connectivity index (χ3n) is 5.11. The first-order valence-electron chi connectivity index (χ1n) is 10.1. The van der Waals surface area contributed by atoms with Crippen LogP contribution >= 0.6 is 11.3 Å². The van der Waals surface area contributed by atoms with Crippen LogP contribution in [0, 0.1) is 11.3 Å². The number of carbonyl (C=O) groups is 4. The van der Waals surface area contributed by atoms with Gasteiger partial charge in [0.15, 0.2) is 0 Å². The van der Waals surface area contributed by atoms with Crippen LogP contribution in [-0.4, -0.2) is 30.4 Å². The third kappa shape index (κ3) is 3.89. The lowest BCUT2D eigenvalue weighted by Gasteiger charge is -2.14. The number of anilines is 2. The zero-order chi connectivity index (χ0) is 24.4. The van der Waals surface area contributed by atoms with Gasteiger partial charge >= 0.3 is 11.9 Å². The SMILES string of the molecule is CCOC(=O)c1sc(N)c(C#N)c1COC(=O)c1ccc(N2C(=O)c3ccccc3C2=O)cc1. The van der Waals surface area contributed by atoms with E-state index in [9.17, 15) is 24.4 Å². The molecule has 3 aromatic rings. The molecule has 1 aliphatic rings. The molecule has 0 aliphatic carbocycles. The first kappa shape index (κ1) is 22.7. The van der Waals surface area contributed by atoms with E-state index in [2.05, 4.69) is 0 Å². The van der Waals surface area contributed by atoms with E-state index in [1.807, 2.05) is 6.07 Å². The minimum Gasteiger partial charge on any atom is -0.462 e. The molecule has 170 valence electrons. The van der Waals surface area contributed by atoms with Gasteiger partial charge in [0.1, 0.15) is 22.6 Å². The Morgan fingerprint density at radius 1 is 1.00 bits per heavy atom. The summed E-state index contributed by atoms with van der Waals surface area (Å²) in [6.45, 7) is 1.42. The van der Waals surface area contributed by atoms with Gasteiger partial charge in [-0.1, -0.05) is 12.1 Å². The van der Waals surface area contributed by atoms with Crippen molar-refractivity contribution in [3.63, 3.8) is 0 Å². The highest BCUT2D eigenvalue weighted by Gasteiger charge is 2.36. The van der Waals surface area contributed by atoms with E-state index < -0.39 is 23.8 Å². The summed E-state index contributed by atoms with van der Waals surface area (Å²) in [6.07, 6.45) is 0. The number of fused-ring (bicyclic) bond motifs is 1. The molecule has 0 bridgehead atoms. The molecule has 10 heteroatoms. The van der Waals surface area contributed by atoms with Crippen molar-refractivity contribution in [3.8, 4) is 6.07 Å². The monoisotopic (exact) mass is 475 g/mol. The fourth-order valence-corrected chi connectivity index (χ4v) is 4.42. The Bertz CT molecular complexity index is 1340. The van der Waals surface area contributed by atoms with Gasteiger partial charge in [0.2, 0.25) is 0 Å². The second kappa shape index (κ2) is 9.17. The maximum absolute atomic E-state index is 12.6. The topological polar surface area (TPSA) is 140 Å². The van der Waals surface area contributed by atoms with E-state index in [0.717, 1.165) is 16.2 Å². The average molecular weight is 475 g/mol. The second-order valence-corrected chi connectivity index (χ2v) is 8.15. The maximum atomic E-state index is 12.6. The lowest BCUT2D eigenvalue weighted by molar-refractivity contribution is 0.0452. The molecule has 0 unspecified atom stereocenters. The molecular weight excluding hydrogens is 458 g/mol. The predicted octanol–water partition coefficient (Wildman–Crippen LogP) is 3.54.